The summed E-state index contributed by atoms with van der Waals surface area (Å²) in [5.74, 6) is 5.90. The molecule has 2 heterocycles. The second-order valence-corrected chi connectivity index (χ2v) is 16.8. The Labute approximate surface area is 263 Å². The summed E-state index contributed by atoms with van der Waals surface area (Å²) in [6.45, 7) is 17.5. The van der Waals surface area contributed by atoms with Crippen LogP contribution in [0.15, 0.2) is 24.3 Å². The number of hydrogen-bond donors (Lipinski definition) is 1. The largest absolute Gasteiger partial charge is 0.376 e. The van der Waals surface area contributed by atoms with E-state index in [1.54, 1.807) is 0 Å². The molecule has 43 heavy (non-hydrogen) atoms. The maximum Gasteiger partial charge on any atom is 0.0717 e. The monoisotopic (exact) mass is 590 g/mol. The summed E-state index contributed by atoms with van der Waals surface area (Å²) in [6.07, 6.45) is 16.7. The van der Waals surface area contributed by atoms with Gasteiger partial charge in [-0.3, -0.25) is 0 Å². The second-order valence-electron chi connectivity index (χ2n) is 16.8. The van der Waals surface area contributed by atoms with E-state index in [0.29, 0.717) is 34.9 Å². The Morgan fingerprint density at radius 1 is 0.977 bits per heavy atom. The third-order valence-electron chi connectivity index (χ3n) is 14.5. The third kappa shape index (κ3) is 5.90. The van der Waals surface area contributed by atoms with Gasteiger partial charge < -0.3 is 19.7 Å². The van der Waals surface area contributed by atoms with E-state index >= 15 is 0 Å². The molecule has 11 atom stereocenters. The van der Waals surface area contributed by atoms with Gasteiger partial charge in [0, 0.05) is 32.7 Å². The lowest BCUT2D eigenvalue weighted by atomic mass is 9.44. The number of nitrogens with one attached hydrogen (secondary N) is 1. The molecule has 2 saturated heterocycles. The predicted octanol–water partition coefficient (Wildman–Crippen LogP) is 7.88. The molecule has 0 bridgehead atoms. The summed E-state index contributed by atoms with van der Waals surface area (Å²) in [6, 6.07) is 8.84. The van der Waals surface area contributed by atoms with E-state index in [2.05, 4.69) is 62.2 Å². The molecule has 6 aliphatic rings. The second kappa shape index (κ2) is 12.7. The lowest BCUT2D eigenvalue weighted by Crippen LogP contribution is -2.53. The SMILES string of the molecule is Cc1ccc(COCC(CCC2O[C@H]3C[C@H]4[C@@H]5CCC6CCCC[C@]6(C)[C@H]5CC[C@]4(C)[C@H]3[C@@H]2C)CN2CCNCC2)cc1. The first-order chi connectivity index (χ1) is 20.8. The van der Waals surface area contributed by atoms with Crippen LogP contribution in [0.25, 0.3) is 0 Å². The fourth-order valence-corrected chi connectivity index (χ4v) is 12.2. The molecule has 1 aromatic rings. The Balaban J connectivity index is 0.974. The summed E-state index contributed by atoms with van der Waals surface area (Å²) < 4.78 is 13.5. The van der Waals surface area contributed by atoms with Crippen molar-refractivity contribution in [2.24, 2.45) is 52.3 Å². The predicted molar refractivity (Wildman–Crippen MR) is 176 cm³/mol. The molecule has 1 aromatic carbocycles. The Hall–Kier alpha value is -0.940. The number of piperazine rings is 1. The molecule has 6 fully saturated rings. The molecule has 3 unspecified atom stereocenters. The normalized spacial score (nSPS) is 43.4. The molecule has 7 rings (SSSR count). The van der Waals surface area contributed by atoms with Gasteiger partial charge in [0.15, 0.2) is 0 Å². The first-order valence-corrected chi connectivity index (χ1v) is 18.6. The summed E-state index contributed by atoms with van der Waals surface area (Å²) in [5, 5.41) is 3.53. The fraction of sp³-hybridized carbons (Fsp3) is 0.846. The van der Waals surface area contributed by atoms with Crippen molar-refractivity contribution >= 4 is 0 Å². The molecule has 0 radical (unpaired) electrons. The average Bonchev–Trinajstić information content (AvgIpc) is 3.49. The fourth-order valence-electron chi connectivity index (χ4n) is 12.2. The van der Waals surface area contributed by atoms with E-state index in [4.69, 9.17) is 9.47 Å². The molecule has 4 nitrogen and oxygen atoms in total. The first-order valence-electron chi connectivity index (χ1n) is 18.6. The summed E-state index contributed by atoms with van der Waals surface area (Å²) in [7, 11) is 0. The number of benzene rings is 1. The topological polar surface area (TPSA) is 33.7 Å². The highest BCUT2D eigenvalue weighted by Gasteiger charge is 2.65. The van der Waals surface area contributed by atoms with E-state index in [0.717, 1.165) is 75.5 Å². The highest BCUT2D eigenvalue weighted by atomic mass is 16.5. The van der Waals surface area contributed by atoms with Crippen LogP contribution in [0.3, 0.4) is 0 Å². The summed E-state index contributed by atoms with van der Waals surface area (Å²) >= 11 is 0. The van der Waals surface area contributed by atoms with Crippen LogP contribution in [0.1, 0.15) is 103 Å². The van der Waals surface area contributed by atoms with Gasteiger partial charge in [-0.1, -0.05) is 63.4 Å². The van der Waals surface area contributed by atoms with E-state index < -0.39 is 0 Å². The van der Waals surface area contributed by atoms with Crippen LogP contribution in [-0.2, 0) is 16.1 Å². The van der Waals surface area contributed by atoms with Crippen molar-refractivity contribution in [1.82, 2.24) is 10.2 Å². The minimum absolute atomic E-state index is 0.430. The highest BCUT2D eigenvalue weighted by molar-refractivity contribution is 5.20. The third-order valence-corrected chi connectivity index (χ3v) is 14.5. The smallest absolute Gasteiger partial charge is 0.0717 e. The van der Waals surface area contributed by atoms with E-state index in [9.17, 15) is 0 Å². The van der Waals surface area contributed by atoms with Crippen molar-refractivity contribution in [3.63, 3.8) is 0 Å². The quantitative estimate of drug-likeness (QED) is 0.317. The minimum atomic E-state index is 0.430. The Morgan fingerprint density at radius 3 is 2.60 bits per heavy atom. The van der Waals surface area contributed by atoms with Gasteiger partial charge in [-0.05, 0) is 123 Å². The number of fused-ring (bicyclic) bond motifs is 7. The van der Waals surface area contributed by atoms with Crippen LogP contribution in [0.2, 0.25) is 0 Å². The number of aryl methyl sites for hydroxylation is 1. The standard InChI is InChI=1S/C39H62N2O2/c1-27-8-10-29(11-9-27)25-42-26-30(24-41-21-19-40-20-22-41)12-15-35-28(2)37-36(43-35)23-34-32-14-13-31-7-5-6-17-38(31,3)33(32)16-18-39(34,37)4/h8-11,28,30-37,40H,5-7,12-26H2,1-4H3/t28-,30?,31?,32-,33+,34+,35?,36+,37+,38+,39+/m1/s1. The van der Waals surface area contributed by atoms with Crippen molar-refractivity contribution < 1.29 is 9.47 Å². The number of hydrogen-bond acceptors (Lipinski definition) is 4. The maximum absolute atomic E-state index is 7.13. The lowest BCUT2D eigenvalue weighted by Gasteiger charge is -2.60. The molecular weight excluding hydrogens is 528 g/mol. The van der Waals surface area contributed by atoms with E-state index in [1.165, 1.54) is 81.8 Å². The summed E-state index contributed by atoms with van der Waals surface area (Å²) in [5.41, 5.74) is 3.73. The Kier molecular flexibility index (Phi) is 9.06. The van der Waals surface area contributed by atoms with Crippen molar-refractivity contribution in [2.45, 2.75) is 117 Å². The molecule has 240 valence electrons. The van der Waals surface area contributed by atoms with Gasteiger partial charge in [0.2, 0.25) is 0 Å². The van der Waals surface area contributed by atoms with Crippen LogP contribution in [0.4, 0.5) is 0 Å². The van der Waals surface area contributed by atoms with Gasteiger partial charge in [0.05, 0.1) is 25.4 Å². The zero-order valence-corrected chi connectivity index (χ0v) is 28.0. The molecule has 4 aliphatic carbocycles. The Bertz CT molecular complexity index is 1070. The molecule has 0 aromatic heterocycles. The molecule has 1 N–H and O–H groups in total. The van der Waals surface area contributed by atoms with Crippen LogP contribution >= 0.6 is 0 Å². The van der Waals surface area contributed by atoms with E-state index in [-0.39, 0.29) is 0 Å². The number of rotatable bonds is 9. The highest BCUT2D eigenvalue weighted by Crippen LogP contribution is 2.70. The molecule has 2 aliphatic heterocycles. The molecular formula is C39H62N2O2. The van der Waals surface area contributed by atoms with E-state index in [1.807, 2.05) is 0 Å². The molecule has 0 amide bonds. The van der Waals surface area contributed by atoms with Crippen molar-refractivity contribution in [1.29, 1.82) is 0 Å². The van der Waals surface area contributed by atoms with Crippen LogP contribution < -0.4 is 5.32 Å². The number of ether oxygens (including phenoxy) is 2. The molecule has 0 spiro atoms. The Morgan fingerprint density at radius 2 is 1.79 bits per heavy atom. The average molecular weight is 591 g/mol. The van der Waals surface area contributed by atoms with Gasteiger partial charge in [-0.2, -0.15) is 0 Å². The molecule has 4 heteroatoms. The zero-order valence-electron chi connectivity index (χ0n) is 28.0. The van der Waals surface area contributed by atoms with Gasteiger partial charge in [0.25, 0.3) is 0 Å². The van der Waals surface area contributed by atoms with Crippen molar-refractivity contribution in [3.05, 3.63) is 35.4 Å². The van der Waals surface area contributed by atoms with Crippen molar-refractivity contribution in [2.75, 3.05) is 39.3 Å². The van der Waals surface area contributed by atoms with Gasteiger partial charge in [-0.25, -0.2) is 0 Å². The molecule has 4 saturated carbocycles. The minimum Gasteiger partial charge on any atom is -0.376 e. The first kappa shape index (κ1) is 30.7. The lowest BCUT2D eigenvalue weighted by molar-refractivity contribution is -0.115. The number of nitrogens with zero attached hydrogens (tertiary/aromatic N) is 1. The summed E-state index contributed by atoms with van der Waals surface area (Å²) in [4.78, 5) is 2.66. The zero-order chi connectivity index (χ0) is 29.6. The van der Waals surface area contributed by atoms with Gasteiger partial charge in [-0.15, -0.1) is 0 Å². The van der Waals surface area contributed by atoms with Crippen LogP contribution in [-0.4, -0.2) is 56.4 Å². The van der Waals surface area contributed by atoms with Crippen LogP contribution in [0, 0.1) is 59.2 Å². The maximum atomic E-state index is 7.13. The van der Waals surface area contributed by atoms with Crippen LogP contribution in [0.5, 0.6) is 0 Å². The van der Waals surface area contributed by atoms with Gasteiger partial charge >= 0.3 is 0 Å². The van der Waals surface area contributed by atoms with Gasteiger partial charge in [0.1, 0.15) is 0 Å². The van der Waals surface area contributed by atoms with Crippen molar-refractivity contribution in [3.8, 4) is 0 Å².